The molecule has 8 nitrogen and oxygen atoms in total. The molecule has 120 valence electrons. The molecule has 2 aromatic carbocycles. The summed E-state index contributed by atoms with van der Waals surface area (Å²) in [5.74, 6) is -0.191. The number of nitro benzene ring substituents is 1. The van der Waals surface area contributed by atoms with Gasteiger partial charge >= 0.3 is 0 Å². The molecule has 0 spiro atoms. The van der Waals surface area contributed by atoms with E-state index in [0.29, 0.717) is 17.4 Å². The molecule has 0 aliphatic carbocycles. The maximum atomic E-state index is 11.3. The van der Waals surface area contributed by atoms with E-state index in [4.69, 9.17) is 4.42 Å². The number of nitrogens with zero attached hydrogens (tertiary/aromatic N) is 2. The molecule has 1 aromatic heterocycles. The number of hydrogen-bond donors (Lipinski definition) is 2. The van der Waals surface area contributed by atoms with Gasteiger partial charge in [0.05, 0.1) is 22.3 Å². The minimum Gasteiger partial charge on any atom is -0.506 e. The largest absolute Gasteiger partial charge is 0.506 e. The maximum absolute atomic E-state index is 11.3. The van der Waals surface area contributed by atoms with Crippen LogP contribution in [0.2, 0.25) is 0 Å². The number of allylic oxidation sites excluding steroid dienone is 1. The first-order chi connectivity index (χ1) is 11.6. The average molecular weight is 325 g/mol. The van der Waals surface area contributed by atoms with Crippen molar-refractivity contribution in [2.24, 2.45) is 0 Å². The summed E-state index contributed by atoms with van der Waals surface area (Å²) in [6.07, 6.45) is 1.86. The molecule has 8 heteroatoms. The Balaban J connectivity index is 1.88. The smallest absolute Gasteiger partial charge is 0.273 e. The second-order valence-corrected chi connectivity index (χ2v) is 4.81. The molecule has 0 atom stereocenters. The van der Waals surface area contributed by atoms with E-state index in [-0.39, 0.29) is 28.6 Å². The minimum atomic E-state index is -0.617. The molecular formula is C16H11N3O5. The summed E-state index contributed by atoms with van der Waals surface area (Å²) >= 11 is 0. The van der Waals surface area contributed by atoms with Crippen molar-refractivity contribution in [1.29, 1.82) is 0 Å². The number of nitro groups is 1. The summed E-state index contributed by atoms with van der Waals surface area (Å²) in [5.41, 5.74) is 1.24. The van der Waals surface area contributed by atoms with Gasteiger partial charge in [0.1, 0.15) is 11.3 Å². The molecule has 24 heavy (non-hydrogen) atoms. The SMILES string of the molecule is O=CC(=CNc1ccc([N+](=O)[O-])cc1O)c1nc2ccccc2o1. The quantitative estimate of drug-likeness (QED) is 0.243. The van der Waals surface area contributed by atoms with Crippen LogP contribution < -0.4 is 5.32 Å². The van der Waals surface area contributed by atoms with E-state index in [1.807, 2.05) is 0 Å². The Labute approximate surface area is 135 Å². The van der Waals surface area contributed by atoms with Crippen molar-refractivity contribution in [3.8, 4) is 5.75 Å². The van der Waals surface area contributed by atoms with E-state index < -0.39 is 4.92 Å². The summed E-state index contributed by atoms with van der Waals surface area (Å²) < 4.78 is 5.49. The number of rotatable bonds is 5. The van der Waals surface area contributed by atoms with Crippen LogP contribution in [0, 0.1) is 10.1 Å². The molecule has 0 saturated heterocycles. The Hall–Kier alpha value is -3.68. The molecule has 3 aromatic rings. The topological polar surface area (TPSA) is 118 Å². The number of benzene rings is 2. The highest BCUT2D eigenvalue weighted by atomic mass is 16.6. The Morgan fingerprint density at radius 1 is 1.29 bits per heavy atom. The van der Waals surface area contributed by atoms with Crippen LogP contribution in [0.5, 0.6) is 5.75 Å². The van der Waals surface area contributed by atoms with Gasteiger partial charge < -0.3 is 14.8 Å². The van der Waals surface area contributed by atoms with Gasteiger partial charge in [0.2, 0.25) is 5.89 Å². The number of non-ortho nitro benzene ring substituents is 1. The number of carbonyl (C=O) groups is 1. The van der Waals surface area contributed by atoms with Crippen LogP contribution in [-0.4, -0.2) is 21.3 Å². The van der Waals surface area contributed by atoms with Gasteiger partial charge in [0.15, 0.2) is 11.9 Å². The lowest BCUT2D eigenvalue weighted by Gasteiger charge is -2.04. The molecule has 0 bridgehead atoms. The molecule has 2 N–H and O–H groups in total. The average Bonchev–Trinajstić information content (AvgIpc) is 3.00. The van der Waals surface area contributed by atoms with Crippen molar-refractivity contribution in [2.45, 2.75) is 0 Å². The molecule has 0 fully saturated rings. The fourth-order valence-electron chi connectivity index (χ4n) is 2.05. The van der Waals surface area contributed by atoms with Gasteiger partial charge in [-0.25, -0.2) is 4.98 Å². The van der Waals surface area contributed by atoms with Crippen molar-refractivity contribution in [2.75, 3.05) is 5.32 Å². The minimum absolute atomic E-state index is 0.125. The number of phenolic OH excluding ortho intramolecular Hbond substituents is 1. The molecule has 0 aliphatic rings. The summed E-state index contributed by atoms with van der Waals surface area (Å²) in [6, 6.07) is 10.6. The molecule has 0 unspecified atom stereocenters. The molecular weight excluding hydrogens is 314 g/mol. The number of nitrogens with one attached hydrogen (secondary N) is 1. The van der Waals surface area contributed by atoms with Gasteiger partial charge in [-0.15, -0.1) is 0 Å². The molecule has 0 aliphatic heterocycles. The summed E-state index contributed by atoms with van der Waals surface area (Å²) in [5, 5.41) is 23.1. The lowest BCUT2D eigenvalue weighted by molar-refractivity contribution is -0.384. The predicted octanol–water partition coefficient (Wildman–Crippen LogP) is 3.09. The van der Waals surface area contributed by atoms with Crippen LogP contribution in [0.4, 0.5) is 11.4 Å². The first-order valence-electron chi connectivity index (χ1n) is 6.83. The molecule has 3 rings (SSSR count). The van der Waals surface area contributed by atoms with Gasteiger partial charge in [0, 0.05) is 12.3 Å². The van der Waals surface area contributed by atoms with Gasteiger partial charge in [-0.1, -0.05) is 12.1 Å². The van der Waals surface area contributed by atoms with Crippen molar-refractivity contribution in [3.63, 3.8) is 0 Å². The van der Waals surface area contributed by atoms with Crippen LogP contribution >= 0.6 is 0 Å². The van der Waals surface area contributed by atoms with E-state index in [2.05, 4.69) is 10.3 Å². The van der Waals surface area contributed by atoms with Crippen molar-refractivity contribution < 1.29 is 19.2 Å². The molecule has 0 amide bonds. The van der Waals surface area contributed by atoms with Gasteiger partial charge in [-0.05, 0) is 18.2 Å². The Bertz CT molecular complexity index is 928. The third kappa shape index (κ3) is 2.93. The second kappa shape index (κ2) is 6.21. The number of aldehydes is 1. The third-order valence-corrected chi connectivity index (χ3v) is 3.24. The van der Waals surface area contributed by atoms with Crippen LogP contribution in [0.25, 0.3) is 16.7 Å². The lowest BCUT2D eigenvalue weighted by Crippen LogP contribution is -1.95. The zero-order valence-electron chi connectivity index (χ0n) is 12.2. The van der Waals surface area contributed by atoms with Crippen LogP contribution in [0.1, 0.15) is 5.89 Å². The monoisotopic (exact) mass is 325 g/mol. The third-order valence-electron chi connectivity index (χ3n) is 3.24. The highest BCUT2D eigenvalue weighted by molar-refractivity contribution is 6.06. The van der Waals surface area contributed by atoms with Gasteiger partial charge in [-0.3, -0.25) is 14.9 Å². The number of para-hydroxylation sites is 2. The number of aromatic hydroxyl groups is 1. The number of fused-ring (bicyclic) bond motifs is 1. The van der Waals surface area contributed by atoms with E-state index in [1.165, 1.54) is 18.3 Å². The summed E-state index contributed by atoms with van der Waals surface area (Å²) in [6.45, 7) is 0. The predicted molar refractivity (Wildman–Crippen MR) is 86.4 cm³/mol. The first kappa shape index (κ1) is 15.2. The Morgan fingerprint density at radius 3 is 2.75 bits per heavy atom. The first-order valence-corrected chi connectivity index (χ1v) is 6.83. The maximum Gasteiger partial charge on any atom is 0.273 e. The van der Waals surface area contributed by atoms with Crippen LogP contribution in [0.3, 0.4) is 0 Å². The van der Waals surface area contributed by atoms with Gasteiger partial charge in [-0.2, -0.15) is 0 Å². The highest BCUT2D eigenvalue weighted by Crippen LogP contribution is 2.28. The number of anilines is 1. The zero-order chi connectivity index (χ0) is 17.1. The lowest BCUT2D eigenvalue weighted by atomic mass is 10.2. The van der Waals surface area contributed by atoms with Crippen LogP contribution in [-0.2, 0) is 4.79 Å². The fraction of sp³-hybridized carbons (Fsp3) is 0. The summed E-state index contributed by atoms with van der Waals surface area (Å²) in [4.78, 5) is 25.5. The number of carbonyl (C=O) groups excluding carboxylic acids is 1. The number of phenols is 1. The number of oxazole rings is 1. The van der Waals surface area contributed by atoms with E-state index in [9.17, 15) is 20.0 Å². The van der Waals surface area contributed by atoms with Crippen LogP contribution in [0.15, 0.2) is 53.1 Å². The van der Waals surface area contributed by atoms with Crippen molar-refractivity contribution in [3.05, 3.63) is 64.7 Å². The second-order valence-electron chi connectivity index (χ2n) is 4.81. The normalized spacial score (nSPS) is 11.4. The molecule has 1 heterocycles. The van der Waals surface area contributed by atoms with E-state index in [1.54, 1.807) is 24.3 Å². The highest BCUT2D eigenvalue weighted by Gasteiger charge is 2.12. The van der Waals surface area contributed by atoms with Gasteiger partial charge in [0.25, 0.3) is 5.69 Å². The van der Waals surface area contributed by atoms with E-state index in [0.717, 1.165) is 6.07 Å². The standard InChI is InChI=1S/C16H11N3O5/c20-9-10(16-18-13-3-1-2-4-15(13)24-16)8-17-12-6-5-11(19(22)23)7-14(12)21/h1-9,17,21H. The van der Waals surface area contributed by atoms with E-state index >= 15 is 0 Å². The fourth-order valence-corrected chi connectivity index (χ4v) is 2.05. The van der Waals surface area contributed by atoms with Crippen molar-refractivity contribution in [1.82, 2.24) is 4.98 Å². The number of hydrogen-bond acceptors (Lipinski definition) is 7. The Morgan fingerprint density at radius 2 is 2.08 bits per heavy atom. The zero-order valence-corrected chi connectivity index (χ0v) is 12.2. The Kier molecular flexibility index (Phi) is 3.94. The molecule has 0 radical (unpaired) electrons. The molecule has 0 saturated carbocycles. The van der Waals surface area contributed by atoms with Crippen molar-refractivity contribution >= 4 is 34.3 Å². The number of aromatic nitrogens is 1. The summed E-state index contributed by atoms with van der Waals surface area (Å²) in [7, 11) is 0.